The van der Waals surface area contributed by atoms with Gasteiger partial charge in [0.25, 0.3) is 0 Å². The second-order valence-corrected chi connectivity index (χ2v) is 4.20. The van der Waals surface area contributed by atoms with Gasteiger partial charge in [-0.1, -0.05) is 0 Å². The minimum Gasteiger partial charge on any atom is -0.618 e. The molecule has 0 aliphatic rings. The molecule has 0 atom stereocenters. The van der Waals surface area contributed by atoms with Crippen LogP contribution in [0.25, 0.3) is 11.4 Å². The molecule has 0 saturated carbocycles. The van der Waals surface area contributed by atoms with Gasteiger partial charge in [-0.05, 0) is 0 Å². The lowest BCUT2D eigenvalue weighted by Crippen LogP contribution is -2.39. The highest BCUT2D eigenvalue weighted by molar-refractivity contribution is 5.69. The largest absolute Gasteiger partial charge is 0.618 e. The lowest BCUT2D eigenvalue weighted by Gasteiger charge is -2.12. The summed E-state index contributed by atoms with van der Waals surface area (Å²) in [6.45, 7) is 0. The Balaban J connectivity index is 2.87. The summed E-state index contributed by atoms with van der Waals surface area (Å²) in [6, 6.07) is 2.97. The van der Waals surface area contributed by atoms with Crippen LogP contribution >= 0.6 is 0 Å². The molecular formula is C14H17N2O6+. The van der Waals surface area contributed by atoms with Gasteiger partial charge in [0.05, 0.1) is 34.5 Å². The van der Waals surface area contributed by atoms with Crippen LogP contribution in [0.5, 0.6) is 23.0 Å². The number of aromatic nitrogens is 2. The zero-order chi connectivity index (χ0) is 16.3. The van der Waals surface area contributed by atoms with E-state index >= 15 is 0 Å². The van der Waals surface area contributed by atoms with Crippen LogP contribution in [0.1, 0.15) is 0 Å². The van der Waals surface area contributed by atoms with Crippen LogP contribution in [-0.2, 0) is 0 Å². The summed E-state index contributed by atoms with van der Waals surface area (Å²) in [4.78, 5) is 0. The molecule has 0 aliphatic carbocycles. The predicted octanol–water partition coefficient (Wildman–Crippen LogP) is 0.546. The summed E-state index contributed by atoms with van der Waals surface area (Å²) in [5.41, 5.74) is 0.104. The van der Waals surface area contributed by atoms with Crippen molar-refractivity contribution in [1.82, 2.24) is 0 Å². The molecule has 0 bridgehead atoms. The van der Waals surface area contributed by atoms with Gasteiger partial charge in [0.1, 0.15) is 0 Å². The van der Waals surface area contributed by atoms with Gasteiger partial charge in [-0.25, -0.2) is 0 Å². The molecular weight excluding hydrogens is 292 g/mol. The number of ether oxygens (including phenoxy) is 4. The van der Waals surface area contributed by atoms with Crippen LogP contribution < -0.4 is 28.4 Å². The first-order chi connectivity index (χ1) is 10.6. The van der Waals surface area contributed by atoms with E-state index in [0.717, 1.165) is 4.73 Å². The number of nitrogens with zero attached hydrogens (tertiary/aromatic N) is 2. The van der Waals surface area contributed by atoms with E-state index in [0.29, 0.717) is 16.2 Å². The first kappa shape index (κ1) is 15.5. The fourth-order valence-electron chi connectivity index (χ4n) is 2.16. The Morgan fingerprint density at radius 3 is 1.82 bits per heavy atom. The van der Waals surface area contributed by atoms with Crippen molar-refractivity contribution < 1.29 is 33.6 Å². The van der Waals surface area contributed by atoms with E-state index in [4.69, 9.17) is 18.9 Å². The molecule has 0 fully saturated rings. The molecule has 0 amide bonds. The van der Waals surface area contributed by atoms with E-state index in [1.807, 2.05) is 0 Å². The van der Waals surface area contributed by atoms with E-state index in [9.17, 15) is 10.4 Å². The summed E-state index contributed by atoms with van der Waals surface area (Å²) in [6.07, 6.45) is 2.57. The van der Waals surface area contributed by atoms with Gasteiger partial charge in [0.2, 0.25) is 17.7 Å². The second kappa shape index (κ2) is 6.25. The molecule has 0 radical (unpaired) electrons. The van der Waals surface area contributed by atoms with Crippen molar-refractivity contribution in [1.29, 1.82) is 0 Å². The third-order valence-electron chi connectivity index (χ3n) is 3.13. The van der Waals surface area contributed by atoms with Gasteiger partial charge in [0.15, 0.2) is 17.7 Å². The average Bonchev–Trinajstić information content (AvgIpc) is 2.54. The molecule has 2 aromatic rings. The van der Waals surface area contributed by atoms with Crippen LogP contribution in [-0.4, -0.2) is 33.6 Å². The molecule has 0 aromatic carbocycles. The maximum Gasteiger partial charge on any atom is 0.378 e. The maximum atomic E-state index is 12.2. The van der Waals surface area contributed by atoms with E-state index in [-0.39, 0.29) is 22.9 Å². The Morgan fingerprint density at radius 1 is 0.818 bits per heavy atom. The van der Waals surface area contributed by atoms with Crippen LogP contribution in [0.2, 0.25) is 0 Å². The van der Waals surface area contributed by atoms with Crippen molar-refractivity contribution in [3.63, 3.8) is 0 Å². The molecule has 0 spiro atoms. The topological polar surface area (TPSA) is 88.0 Å². The highest BCUT2D eigenvalue weighted by Crippen LogP contribution is 2.40. The average molecular weight is 309 g/mol. The van der Waals surface area contributed by atoms with Crippen molar-refractivity contribution >= 4 is 0 Å². The quantitative estimate of drug-likeness (QED) is 0.493. The van der Waals surface area contributed by atoms with Gasteiger partial charge in [0, 0.05) is 10.8 Å². The van der Waals surface area contributed by atoms with E-state index < -0.39 is 0 Å². The van der Waals surface area contributed by atoms with Gasteiger partial charge in [-0.15, -0.1) is 0 Å². The van der Waals surface area contributed by atoms with Gasteiger partial charge in [-0.2, -0.15) is 4.73 Å². The summed E-state index contributed by atoms with van der Waals surface area (Å²) < 4.78 is 22.2. The van der Waals surface area contributed by atoms with Crippen molar-refractivity contribution in [3.05, 3.63) is 29.7 Å². The van der Waals surface area contributed by atoms with Crippen molar-refractivity contribution in [3.8, 4) is 34.4 Å². The Hall–Kier alpha value is -2.90. The van der Waals surface area contributed by atoms with Crippen LogP contribution in [0, 0.1) is 5.21 Å². The molecule has 22 heavy (non-hydrogen) atoms. The summed E-state index contributed by atoms with van der Waals surface area (Å²) in [5, 5.41) is 22.4. The molecule has 0 aliphatic heterocycles. The van der Waals surface area contributed by atoms with Crippen molar-refractivity contribution in [2.75, 3.05) is 28.4 Å². The number of rotatable bonds is 5. The van der Waals surface area contributed by atoms with Crippen molar-refractivity contribution in [2.45, 2.75) is 0 Å². The zero-order valence-electron chi connectivity index (χ0n) is 12.7. The van der Waals surface area contributed by atoms with Crippen molar-refractivity contribution in [2.24, 2.45) is 0 Å². The third kappa shape index (κ3) is 2.39. The Labute approximate surface area is 127 Å². The molecule has 2 rings (SSSR count). The first-order valence-corrected chi connectivity index (χ1v) is 6.29. The molecule has 8 heteroatoms. The molecule has 118 valence electrons. The lowest BCUT2D eigenvalue weighted by molar-refractivity contribution is -0.898. The number of hydrogen-bond donors (Lipinski definition) is 1. The summed E-state index contributed by atoms with van der Waals surface area (Å²) in [5.74, 6) is 1.04. The molecule has 0 unspecified atom stereocenters. The van der Waals surface area contributed by atoms with E-state index in [1.165, 1.54) is 53.0 Å². The number of hydrogen-bond acceptors (Lipinski definition) is 6. The van der Waals surface area contributed by atoms with Crippen LogP contribution in [0.3, 0.4) is 0 Å². The predicted molar refractivity (Wildman–Crippen MR) is 74.4 cm³/mol. The third-order valence-corrected chi connectivity index (χ3v) is 3.13. The molecule has 2 heterocycles. The van der Waals surface area contributed by atoms with Gasteiger partial charge >= 0.3 is 11.4 Å². The highest BCUT2D eigenvalue weighted by Gasteiger charge is 2.36. The SMILES string of the molecule is COc1cc[n+]([O-])c(-c2c(OC)c(OC)cc[n+]2O)c1OC. The standard InChI is InChI=1S/C14H17N2O6/c1-19-9-5-7-15(17)11(13(9)21-3)12-14(22-4)10(20-2)6-8-16(12)18/h5-8,17H,1-4H3/q+1. The van der Waals surface area contributed by atoms with Gasteiger partial charge < -0.3 is 24.2 Å². The van der Waals surface area contributed by atoms with Crippen LogP contribution in [0.4, 0.5) is 0 Å². The molecule has 0 saturated heterocycles. The minimum absolute atomic E-state index is 0.0279. The number of pyridine rings is 2. The molecule has 1 N–H and O–H groups in total. The lowest BCUT2D eigenvalue weighted by atomic mass is 10.2. The smallest absolute Gasteiger partial charge is 0.378 e. The normalized spacial score (nSPS) is 10.2. The van der Waals surface area contributed by atoms with E-state index in [2.05, 4.69) is 0 Å². The van der Waals surface area contributed by atoms with Gasteiger partial charge in [-0.3, -0.25) is 5.21 Å². The Kier molecular flexibility index (Phi) is 4.40. The minimum atomic E-state index is 0.0279. The monoisotopic (exact) mass is 309 g/mol. The Bertz CT molecular complexity index is 630. The summed E-state index contributed by atoms with van der Waals surface area (Å²) >= 11 is 0. The highest BCUT2D eigenvalue weighted by atomic mass is 16.5. The molecule has 2 aromatic heterocycles. The fourth-order valence-corrected chi connectivity index (χ4v) is 2.16. The van der Waals surface area contributed by atoms with Crippen LogP contribution in [0.15, 0.2) is 24.5 Å². The summed E-state index contributed by atoms with van der Waals surface area (Å²) in [7, 11) is 5.71. The molecule has 8 nitrogen and oxygen atoms in total. The zero-order valence-corrected chi connectivity index (χ0v) is 12.7. The maximum absolute atomic E-state index is 12.2. The Morgan fingerprint density at radius 2 is 1.32 bits per heavy atom. The fraction of sp³-hybridized carbons (Fsp3) is 0.286. The number of methoxy groups -OCH3 is 4. The first-order valence-electron chi connectivity index (χ1n) is 6.29. The second-order valence-electron chi connectivity index (χ2n) is 4.20. The van der Waals surface area contributed by atoms with E-state index in [1.54, 1.807) is 0 Å².